The molecule has 1 aromatic carbocycles. The lowest BCUT2D eigenvalue weighted by atomic mass is 10.2. The van der Waals surface area contributed by atoms with Crippen molar-refractivity contribution in [3.05, 3.63) is 35.0 Å². The van der Waals surface area contributed by atoms with Crippen LogP contribution in [0.2, 0.25) is 5.02 Å². The lowest BCUT2D eigenvalue weighted by Crippen LogP contribution is -1.95. The number of rotatable bonds is 2. The Kier molecular flexibility index (Phi) is 2.30. The summed E-state index contributed by atoms with van der Waals surface area (Å²) in [6, 6.07) is 7.73. The summed E-state index contributed by atoms with van der Waals surface area (Å²) in [7, 11) is 1.94. The number of hydrogen-bond acceptors (Lipinski definition) is 1. The second-order valence-electron chi connectivity index (χ2n) is 3.24. The number of benzene rings is 1. The number of carbonyl (C=O) groups is 1. The molecule has 0 N–H and O–H groups in total. The highest BCUT2D eigenvalue weighted by atomic mass is 35.5. The van der Waals surface area contributed by atoms with E-state index in [1.807, 2.05) is 35.9 Å². The maximum Gasteiger partial charge on any atom is 0.125 e. The number of nitrogens with zero attached hydrogens (tertiary/aromatic N) is 1. The Morgan fingerprint density at radius 3 is 2.93 bits per heavy atom. The first-order valence-corrected chi connectivity index (χ1v) is 4.78. The number of hydrogen-bond donors (Lipinski definition) is 0. The summed E-state index contributed by atoms with van der Waals surface area (Å²) in [6.07, 6.45) is 1.34. The molecule has 0 aliphatic rings. The SMILES string of the molecule is Cn1c(CC=O)cc2c(Cl)cccc21. The Morgan fingerprint density at radius 2 is 2.29 bits per heavy atom. The third-order valence-electron chi connectivity index (χ3n) is 2.43. The number of carbonyl (C=O) groups excluding carboxylic acids is 1. The summed E-state index contributed by atoms with van der Waals surface area (Å²) in [4.78, 5) is 10.4. The van der Waals surface area contributed by atoms with Crippen LogP contribution in [0.5, 0.6) is 0 Å². The molecular formula is C11H10ClNO. The van der Waals surface area contributed by atoms with Gasteiger partial charge in [-0.15, -0.1) is 0 Å². The first-order chi connectivity index (χ1) is 6.74. The topological polar surface area (TPSA) is 22.0 Å². The molecule has 0 aliphatic carbocycles. The maximum atomic E-state index is 10.4. The molecule has 2 rings (SSSR count). The molecule has 0 saturated heterocycles. The fourth-order valence-electron chi connectivity index (χ4n) is 1.66. The van der Waals surface area contributed by atoms with Gasteiger partial charge in [0, 0.05) is 35.1 Å². The van der Waals surface area contributed by atoms with Gasteiger partial charge >= 0.3 is 0 Å². The summed E-state index contributed by atoms with van der Waals surface area (Å²) >= 11 is 6.04. The summed E-state index contributed by atoms with van der Waals surface area (Å²) in [5, 5.41) is 1.74. The molecule has 0 spiro atoms. The zero-order chi connectivity index (χ0) is 10.1. The average Bonchev–Trinajstić information content (AvgIpc) is 2.48. The normalized spacial score (nSPS) is 10.7. The van der Waals surface area contributed by atoms with Crippen molar-refractivity contribution in [2.45, 2.75) is 6.42 Å². The predicted molar refractivity (Wildman–Crippen MR) is 57.7 cm³/mol. The van der Waals surface area contributed by atoms with Gasteiger partial charge in [-0.25, -0.2) is 0 Å². The molecule has 72 valence electrons. The lowest BCUT2D eigenvalue weighted by Gasteiger charge is -1.99. The van der Waals surface area contributed by atoms with Crippen LogP contribution in [0.1, 0.15) is 5.69 Å². The van der Waals surface area contributed by atoms with Gasteiger partial charge in [0.15, 0.2) is 0 Å². The first-order valence-electron chi connectivity index (χ1n) is 4.40. The van der Waals surface area contributed by atoms with Crippen molar-refractivity contribution >= 4 is 28.8 Å². The van der Waals surface area contributed by atoms with Gasteiger partial charge in [0.25, 0.3) is 0 Å². The quantitative estimate of drug-likeness (QED) is 0.694. The predicted octanol–water partition coefficient (Wildman–Crippen LogP) is 2.57. The van der Waals surface area contributed by atoms with Gasteiger partial charge < -0.3 is 9.36 Å². The standard InChI is InChI=1S/C11H10ClNO/c1-13-8(5-6-14)7-9-10(12)3-2-4-11(9)13/h2-4,6-7H,5H2,1H3. The largest absolute Gasteiger partial charge is 0.347 e. The van der Waals surface area contributed by atoms with Crippen molar-refractivity contribution in [2.75, 3.05) is 0 Å². The van der Waals surface area contributed by atoms with E-state index in [2.05, 4.69) is 0 Å². The monoisotopic (exact) mass is 207 g/mol. The van der Waals surface area contributed by atoms with E-state index < -0.39 is 0 Å². The van der Waals surface area contributed by atoms with E-state index in [0.29, 0.717) is 6.42 Å². The molecule has 0 fully saturated rings. The van der Waals surface area contributed by atoms with Gasteiger partial charge in [0.05, 0.1) is 0 Å². The van der Waals surface area contributed by atoms with Crippen LogP contribution in [0.25, 0.3) is 10.9 Å². The van der Waals surface area contributed by atoms with E-state index in [4.69, 9.17) is 11.6 Å². The highest BCUT2D eigenvalue weighted by Gasteiger charge is 2.06. The summed E-state index contributed by atoms with van der Waals surface area (Å²) in [5.74, 6) is 0. The molecule has 0 amide bonds. The second-order valence-corrected chi connectivity index (χ2v) is 3.65. The van der Waals surface area contributed by atoms with E-state index in [9.17, 15) is 4.79 Å². The number of aldehydes is 1. The minimum atomic E-state index is 0.432. The van der Waals surface area contributed by atoms with Crippen molar-refractivity contribution in [2.24, 2.45) is 7.05 Å². The van der Waals surface area contributed by atoms with E-state index in [1.54, 1.807) is 0 Å². The molecule has 0 bridgehead atoms. The third-order valence-corrected chi connectivity index (χ3v) is 2.76. The van der Waals surface area contributed by atoms with Gasteiger partial charge in [-0.3, -0.25) is 0 Å². The van der Waals surface area contributed by atoms with Gasteiger partial charge in [-0.1, -0.05) is 17.7 Å². The molecule has 0 aliphatic heterocycles. The fourth-order valence-corrected chi connectivity index (χ4v) is 1.88. The molecule has 1 aromatic heterocycles. The molecule has 1 heterocycles. The zero-order valence-electron chi connectivity index (χ0n) is 7.83. The summed E-state index contributed by atoms with van der Waals surface area (Å²) in [6.45, 7) is 0. The van der Waals surface area contributed by atoms with E-state index >= 15 is 0 Å². The fraction of sp³-hybridized carbons (Fsp3) is 0.182. The Hall–Kier alpha value is -1.28. The molecule has 0 saturated carbocycles. The van der Waals surface area contributed by atoms with Crippen molar-refractivity contribution in [3.63, 3.8) is 0 Å². The molecule has 2 nitrogen and oxygen atoms in total. The van der Waals surface area contributed by atoms with Crippen LogP contribution in [0.4, 0.5) is 0 Å². The molecule has 0 atom stereocenters. The zero-order valence-corrected chi connectivity index (χ0v) is 8.58. The Bertz CT molecular complexity index is 487. The Morgan fingerprint density at radius 1 is 1.50 bits per heavy atom. The van der Waals surface area contributed by atoms with E-state index in [1.165, 1.54) is 0 Å². The van der Waals surface area contributed by atoms with Crippen LogP contribution in [-0.4, -0.2) is 10.9 Å². The minimum absolute atomic E-state index is 0.432. The maximum absolute atomic E-state index is 10.4. The number of halogens is 1. The van der Waals surface area contributed by atoms with Crippen LogP contribution in [0.15, 0.2) is 24.3 Å². The van der Waals surface area contributed by atoms with Crippen molar-refractivity contribution in [3.8, 4) is 0 Å². The second kappa shape index (κ2) is 3.46. The number of aryl methyl sites for hydroxylation is 1. The highest BCUT2D eigenvalue weighted by Crippen LogP contribution is 2.25. The highest BCUT2D eigenvalue weighted by molar-refractivity contribution is 6.35. The van der Waals surface area contributed by atoms with Crippen molar-refractivity contribution in [1.82, 2.24) is 4.57 Å². The average molecular weight is 208 g/mol. The van der Waals surface area contributed by atoms with Crippen LogP contribution < -0.4 is 0 Å². The minimum Gasteiger partial charge on any atom is -0.347 e. The smallest absolute Gasteiger partial charge is 0.125 e. The van der Waals surface area contributed by atoms with Crippen LogP contribution in [-0.2, 0) is 18.3 Å². The van der Waals surface area contributed by atoms with Gasteiger partial charge in [0.1, 0.15) is 6.29 Å². The Labute approximate surface area is 87.1 Å². The van der Waals surface area contributed by atoms with Crippen molar-refractivity contribution < 1.29 is 4.79 Å². The van der Waals surface area contributed by atoms with Gasteiger partial charge in [-0.2, -0.15) is 0 Å². The van der Waals surface area contributed by atoms with Crippen LogP contribution >= 0.6 is 11.6 Å². The Balaban J connectivity index is 2.72. The van der Waals surface area contributed by atoms with Crippen molar-refractivity contribution in [1.29, 1.82) is 0 Å². The van der Waals surface area contributed by atoms with Crippen LogP contribution in [0, 0.1) is 0 Å². The molecule has 14 heavy (non-hydrogen) atoms. The summed E-state index contributed by atoms with van der Waals surface area (Å²) < 4.78 is 2.00. The van der Waals surface area contributed by atoms with Crippen LogP contribution in [0.3, 0.4) is 0 Å². The molecule has 0 radical (unpaired) electrons. The van der Waals surface area contributed by atoms with E-state index in [0.717, 1.165) is 27.9 Å². The molecule has 3 heteroatoms. The lowest BCUT2D eigenvalue weighted by molar-refractivity contribution is -0.107. The molecular weight excluding hydrogens is 198 g/mol. The third kappa shape index (κ3) is 1.32. The van der Waals surface area contributed by atoms with Gasteiger partial charge in [-0.05, 0) is 18.2 Å². The van der Waals surface area contributed by atoms with E-state index in [-0.39, 0.29) is 0 Å². The number of aromatic nitrogens is 1. The molecule has 0 unspecified atom stereocenters. The van der Waals surface area contributed by atoms with Gasteiger partial charge in [0.2, 0.25) is 0 Å². The summed E-state index contributed by atoms with van der Waals surface area (Å²) in [5.41, 5.74) is 2.05. The molecule has 2 aromatic rings. The first kappa shape index (κ1) is 9.28. The number of fused-ring (bicyclic) bond motifs is 1.